The van der Waals surface area contributed by atoms with Gasteiger partial charge in [0, 0.05) is 47.3 Å². The van der Waals surface area contributed by atoms with Crippen LogP contribution in [0.3, 0.4) is 0 Å². The van der Waals surface area contributed by atoms with E-state index in [0.29, 0.717) is 24.1 Å². The molecule has 3 aliphatic rings. The quantitative estimate of drug-likeness (QED) is 0.199. The van der Waals surface area contributed by atoms with Crippen LogP contribution in [0.5, 0.6) is 0 Å². The Bertz CT molecular complexity index is 1460. The van der Waals surface area contributed by atoms with Gasteiger partial charge in [-0.3, -0.25) is 0 Å². The third-order valence-corrected chi connectivity index (χ3v) is 9.57. The minimum absolute atomic E-state index is 0.0558. The van der Waals surface area contributed by atoms with Crippen molar-refractivity contribution in [3.05, 3.63) is 86.5 Å². The van der Waals surface area contributed by atoms with Crippen LogP contribution in [0.1, 0.15) is 79.5 Å². The summed E-state index contributed by atoms with van der Waals surface area (Å²) in [5, 5.41) is 0. The number of anilines is 2. The number of aromatic nitrogens is 1. The smallest absolute Gasteiger partial charge is 0.363 e. The van der Waals surface area contributed by atoms with Crippen LogP contribution in [0.15, 0.2) is 53.0 Å². The average Bonchev–Trinajstić information content (AvgIpc) is 3.88. The maximum atomic E-state index is 13.7. The molecular formula is C34H36BrF6N3. The normalized spacial score (nSPS) is 17.9. The molecule has 3 aliphatic carbocycles. The molecule has 0 unspecified atom stereocenters. The first-order chi connectivity index (χ1) is 20.7. The molecule has 6 rings (SSSR count). The summed E-state index contributed by atoms with van der Waals surface area (Å²) in [7, 11) is 0. The van der Waals surface area contributed by atoms with Crippen LogP contribution in [0.25, 0.3) is 0 Å². The molecule has 0 spiro atoms. The molecular weight excluding hydrogens is 644 g/mol. The maximum absolute atomic E-state index is 13.7. The maximum Gasteiger partial charge on any atom is 0.416 e. The Kier molecular flexibility index (Phi) is 8.21. The summed E-state index contributed by atoms with van der Waals surface area (Å²) >= 11 is 3.44. The fourth-order valence-corrected chi connectivity index (χ4v) is 6.49. The first kappa shape index (κ1) is 31.2. The monoisotopic (exact) mass is 679 g/mol. The van der Waals surface area contributed by atoms with E-state index in [0.717, 1.165) is 59.6 Å². The van der Waals surface area contributed by atoms with Crippen molar-refractivity contribution in [1.29, 1.82) is 0 Å². The Labute approximate surface area is 262 Å². The van der Waals surface area contributed by atoms with Crippen LogP contribution in [0.4, 0.5) is 37.8 Å². The van der Waals surface area contributed by atoms with E-state index >= 15 is 0 Å². The van der Waals surface area contributed by atoms with Gasteiger partial charge in [-0.25, -0.2) is 4.98 Å². The van der Waals surface area contributed by atoms with Crippen molar-refractivity contribution in [3.8, 4) is 0 Å². The van der Waals surface area contributed by atoms with Gasteiger partial charge in [0.25, 0.3) is 0 Å². The van der Waals surface area contributed by atoms with Gasteiger partial charge in [-0.05, 0) is 110 Å². The summed E-state index contributed by atoms with van der Waals surface area (Å²) in [6, 6.07) is 11.4. The highest BCUT2D eigenvalue weighted by atomic mass is 79.9. The molecule has 0 radical (unpaired) electrons. The van der Waals surface area contributed by atoms with Gasteiger partial charge in [-0.1, -0.05) is 29.8 Å². The van der Waals surface area contributed by atoms with Crippen LogP contribution in [-0.4, -0.2) is 18.1 Å². The first-order valence-corrected chi connectivity index (χ1v) is 16.0. The standard InChI is InChI=1S/C34H36BrF6N3/c1-32(2)12-11-24-15-25(31(42-30(24)32)44(17-21-3-4-21)18-22-5-6-22)20-43(29-9-7-28(35)8-10-29)19-23-13-26(33(36,37)38)16-27(14-23)34(39,40)41/h7-10,13-16,21-22H,3-6,11-12,17-20H2,1-2H3. The molecule has 44 heavy (non-hydrogen) atoms. The van der Waals surface area contributed by atoms with E-state index in [1.807, 2.05) is 29.2 Å². The lowest BCUT2D eigenvalue weighted by Crippen LogP contribution is -2.32. The van der Waals surface area contributed by atoms with E-state index in [-0.39, 0.29) is 23.6 Å². The summed E-state index contributed by atoms with van der Waals surface area (Å²) in [6.07, 6.45) is -3.20. The van der Waals surface area contributed by atoms with Crippen molar-refractivity contribution in [1.82, 2.24) is 4.98 Å². The van der Waals surface area contributed by atoms with Gasteiger partial charge in [-0.2, -0.15) is 26.3 Å². The van der Waals surface area contributed by atoms with Gasteiger partial charge in [0.1, 0.15) is 5.82 Å². The lowest BCUT2D eigenvalue weighted by Gasteiger charge is -2.32. The molecule has 2 saturated carbocycles. The summed E-state index contributed by atoms with van der Waals surface area (Å²) in [6.45, 7) is 6.40. The molecule has 1 aromatic heterocycles. The van der Waals surface area contributed by atoms with Crippen molar-refractivity contribution in [2.75, 3.05) is 22.9 Å². The van der Waals surface area contributed by atoms with Gasteiger partial charge in [0.2, 0.25) is 0 Å². The molecule has 0 aliphatic heterocycles. The van der Waals surface area contributed by atoms with E-state index < -0.39 is 23.5 Å². The number of fused-ring (bicyclic) bond motifs is 1. The number of hydrogen-bond acceptors (Lipinski definition) is 3. The lowest BCUT2D eigenvalue weighted by atomic mass is 9.90. The molecule has 0 atom stereocenters. The minimum Gasteiger partial charge on any atom is -0.363 e. The van der Waals surface area contributed by atoms with Crippen molar-refractivity contribution in [2.45, 2.75) is 83.2 Å². The SMILES string of the molecule is CC1(C)CCc2cc(CN(Cc3cc(C(F)(F)F)cc(C(F)(F)F)c3)c3ccc(Br)cc3)c(N(CC3CC3)CC3CC3)nc21. The van der Waals surface area contributed by atoms with Gasteiger partial charge in [0.15, 0.2) is 0 Å². The molecule has 3 aromatic rings. The van der Waals surface area contributed by atoms with E-state index in [4.69, 9.17) is 4.98 Å². The third kappa shape index (κ3) is 7.21. The predicted octanol–water partition coefficient (Wildman–Crippen LogP) is 9.94. The highest BCUT2D eigenvalue weighted by Gasteiger charge is 2.38. The Morgan fingerprint density at radius 2 is 1.36 bits per heavy atom. The Balaban J connectivity index is 1.43. The van der Waals surface area contributed by atoms with Crippen LogP contribution in [-0.2, 0) is 37.3 Å². The molecule has 2 aromatic carbocycles. The van der Waals surface area contributed by atoms with Crippen molar-refractivity contribution >= 4 is 27.4 Å². The molecule has 236 valence electrons. The van der Waals surface area contributed by atoms with Gasteiger partial charge >= 0.3 is 12.4 Å². The van der Waals surface area contributed by atoms with Crippen molar-refractivity contribution in [2.24, 2.45) is 11.8 Å². The first-order valence-electron chi connectivity index (χ1n) is 15.2. The van der Waals surface area contributed by atoms with E-state index in [1.54, 1.807) is 0 Å². The van der Waals surface area contributed by atoms with Gasteiger partial charge in [0.05, 0.1) is 16.8 Å². The number of benzene rings is 2. The summed E-state index contributed by atoms with van der Waals surface area (Å²) in [4.78, 5) is 9.59. The molecule has 0 amide bonds. The Morgan fingerprint density at radius 3 is 1.89 bits per heavy atom. The van der Waals surface area contributed by atoms with Crippen LogP contribution >= 0.6 is 15.9 Å². The Hall–Kier alpha value is -2.75. The molecule has 3 nitrogen and oxygen atoms in total. The number of rotatable bonds is 10. The van der Waals surface area contributed by atoms with Crippen LogP contribution in [0.2, 0.25) is 0 Å². The summed E-state index contributed by atoms with van der Waals surface area (Å²) in [5.41, 5.74) is 1.18. The van der Waals surface area contributed by atoms with Crippen LogP contribution < -0.4 is 9.80 Å². The molecule has 0 bridgehead atoms. The minimum atomic E-state index is -4.91. The van der Waals surface area contributed by atoms with Gasteiger partial charge in [-0.15, -0.1) is 0 Å². The zero-order valence-electron chi connectivity index (χ0n) is 24.8. The zero-order valence-corrected chi connectivity index (χ0v) is 26.4. The third-order valence-electron chi connectivity index (χ3n) is 9.04. The average molecular weight is 681 g/mol. The Morgan fingerprint density at radius 1 is 0.795 bits per heavy atom. The predicted molar refractivity (Wildman–Crippen MR) is 164 cm³/mol. The fourth-order valence-electron chi connectivity index (χ4n) is 6.22. The number of aryl methyl sites for hydroxylation is 1. The largest absolute Gasteiger partial charge is 0.416 e. The molecule has 10 heteroatoms. The number of pyridine rings is 1. The lowest BCUT2D eigenvalue weighted by molar-refractivity contribution is -0.143. The molecule has 2 fully saturated rings. The topological polar surface area (TPSA) is 19.4 Å². The second kappa shape index (κ2) is 11.6. The highest BCUT2D eigenvalue weighted by Crippen LogP contribution is 2.43. The fraction of sp³-hybridized carbons (Fsp3) is 0.500. The van der Waals surface area contributed by atoms with Crippen molar-refractivity contribution in [3.63, 3.8) is 0 Å². The zero-order chi connectivity index (χ0) is 31.4. The van der Waals surface area contributed by atoms with Crippen LogP contribution in [0, 0.1) is 11.8 Å². The van der Waals surface area contributed by atoms with E-state index in [1.165, 1.54) is 31.2 Å². The van der Waals surface area contributed by atoms with E-state index in [2.05, 4.69) is 40.7 Å². The number of hydrogen-bond donors (Lipinski definition) is 0. The van der Waals surface area contributed by atoms with Gasteiger partial charge < -0.3 is 9.80 Å². The molecule has 0 saturated heterocycles. The number of nitrogens with zero attached hydrogens (tertiary/aromatic N) is 3. The summed E-state index contributed by atoms with van der Waals surface area (Å²) in [5.74, 6) is 2.15. The molecule has 1 heterocycles. The second-order valence-electron chi connectivity index (χ2n) is 13.4. The summed E-state index contributed by atoms with van der Waals surface area (Å²) < 4.78 is 83.2. The molecule has 0 N–H and O–H groups in total. The number of alkyl halides is 6. The second-order valence-corrected chi connectivity index (χ2v) is 14.3. The number of halogens is 7. The van der Waals surface area contributed by atoms with E-state index in [9.17, 15) is 26.3 Å². The van der Waals surface area contributed by atoms with Crippen molar-refractivity contribution < 1.29 is 26.3 Å². The highest BCUT2D eigenvalue weighted by molar-refractivity contribution is 9.10.